The van der Waals surface area contributed by atoms with Crippen molar-refractivity contribution in [3.63, 3.8) is 0 Å². The molecule has 0 bridgehead atoms. The molecular weight excluding hydrogens is 478 g/mol. The second kappa shape index (κ2) is 9.43. The third-order valence-electron chi connectivity index (χ3n) is 5.24. The number of hydrogen-bond acceptors (Lipinski definition) is 5. The number of aromatic nitrogens is 2. The fraction of sp³-hybridized carbons (Fsp3) is 0.261. The Hall–Kier alpha value is -3.83. The van der Waals surface area contributed by atoms with E-state index < -0.39 is 29.8 Å². The van der Waals surface area contributed by atoms with E-state index in [-0.39, 0.29) is 11.3 Å². The van der Waals surface area contributed by atoms with Gasteiger partial charge in [0.05, 0.1) is 11.8 Å². The minimum Gasteiger partial charge on any atom is -0.426 e. The topological polar surface area (TPSA) is 67.3 Å². The molecule has 3 aromatic rings. The Kier molecular flexibility index (Phi) is 6.55. The zero-order valence-corrected chi connectivity index (χ0v) is 18.0. The summed E-state index contributed by atoms with van der Waals surface area (Å²) in [5, 5.41) is 2.51. The molecule has 0 aliphatic carbocycles. The van der Waals surface area contributed by atoms with E-state index in [4.69, 9.17) is 0 Å². The molecule has 0 radical (unpaired) electrons. The van der Waals surface area contributed by atoms with Crippen molar-refractivity contribution in [3.05, 3.63) is 66.4 Å². The van der Waals surface area contributed by atoms with Crippen LogP contribution in [0.1, 0.15) is 23.2 Å². The van der Waals surface area contributed by atoms with E-state index in [1.807, 2.05) is 4.90 Å². The van der Waals surface area contributed by atoms with Crippen molar-refractivity contribution in [1.29, 1.82) is 0 Å². The van der Waals surface area contributed by atoms with Crippen LogP contribution in [-0.4, -0.2) is 41.2 Å². The van der Waals surface area contributed by atoms with Crippen LogP contribution in [0.3, 0.4) is 0 Å². The van der Waals surface area contributed by atoms with E-state index in [0.29, 0.717) is 16.9 Å². The molecular formula is C23H18F6N4O2. The first-order valence-corrected chi connectivity index (χ1v) is 10.4. The molecule has 2 aromatic heterocycles. The van der Waals surface area contributed by atoms with Gasteiger partial charge in [0.25, 0.3) is 5.91 Å². The van der Waals surface area contributed by atoms with Gasteiger partial charge >= 0.3 is 12.3 Å². The normalized spacial score (nSPS) is 14.2. The predicted octanol–water partition coefficient (Wildman–Crippen LogP) is 5.67. The number of ether oxygens (including phenoxy) is 1. The van der Waals surface area contributed by atoms with Crippen molar-refractivity contribution >= 4 is 17.4 Å². The number of rotatable bonds is 6. The van der Waals surface area contributed by atoms with Crippen LogP contribution in [0.25, 0.3) is 11.1 Å². The zero-order chi connectivity index (χ0) is 25.2. The quantitative estimate of drug-likeness (QED) is 0.446. The minimum atomic E-state index is -5.87. The van der Waals surface area contributed by atoms with E-state index in [2.05, 4.69) is 20.0 Å². The summed E-state index contributed by atoms with van der Waals surface area (Å²) in [4.78, 5) is 23.1. The number of hydrogen-bond donors (Lipinski definition) is 1. The summed E-state index contributed by atoms with van der Waals surface area (Å²) in [5.74, 6) is -1.32. The highest BCUT2D eigenvalue weighted by Gasteiger charge is 2.61. The molecule has 4 rings (SSSR count). The Balaban J connectivity index is 1.55. The van der Waals surface area contributed by atoms with Crippen molar-refractivity contribution in [2.45, 2.75) is 25.1 Å². The van der Waals surface area contributed by atoms with Crippen molar-refractivity contribution in [2.24, 2.45) is 0 Å². The molecule has 0 unspecified atom stereocenters. The molecule has 1 aromatic carbocycles. The van der Waals surface area contributed by atoms with Gasteiger partial charge in [-0.1, -0.05) is 0 Å². The maximum Gasteiger partial charge on any atom is 0.499 e. The lowest BCUT2D eigenvalue weighted by molar-refractivity contribution is -0.360. The number of anilines is 2. The molecule has 6 nitrogen and oxygen atoms in total. The van der Waals surface area contributed by atoms with Gasteiger partial charge in [-0.05, 0) is 49.2 Å². The SMILES string of the molecule is O=C(Nc1ccc(OC(F)(F)C(F)(F)F)cc1)c1cnc(N2CCCC2)c(-c2cncc(F)c2)c1. The Morgan fingerprint density at radius 3 is 2.29 bits per heavy atom. The molecule has 1 saturated heterocycles. The third-order valence-corrected chi connectivity index (χ3v) is 5.24. The average molecular weight is 496 g/mol. The number of carbonyl (C=O) groups excluding carboxylic acids is 1. The molecule has 1 N–H and O–H groups in total. The van der Waals surface area contributed by atoms with Crippen molar-refractivity contribution in [2.75, 3.05) is 23.3 Å². The van der Waals surface area contributed by atoms with E-state index in [1.165, 1.54) is 24.5 Å². The second-order valence-electron chi connectivity index (χ2n) is 7.78. The highest BCUT2D eigenvalue weighted by atomic mass is 19.4. The van der Waals surface area contributed by atoms with Crippen LogP contribution < -0.4 is 15.0 Å². The zero-order valence-electron chi connectivity index (χ0n) is 18.0. The van der Waals surface area contributed by atoms with Crippen LogP contribution in [0.4, 0.5) is 37.8 Å². The van der Waals surface area contributed by atoms with Crippen LogP contribution >= 0.6 is 0 Å². The Morgan fingerprint density at radius 1 is 0.971 bits per heavy atom. The van der Waals surface area contributed by atoms with Gasteiger partial charge in [0.15, 0.2) is 0 Å². The highest BCUT2D eigenvalue weighted by molar-refractivity contribution is 6.05. The molecule has 0 spiro atoms. The summed E-state index contributed by atoms with van der Waals surface area (Å²) in [5.41, 5.74) is 1.18. The minimum absolute atomic E-state index is 0.121. The van der Waals surface area contributed by atoms with Crippen molar-refractivity contribution < 1.29 is 35.9 Å². The number of pyridine rings is 2. The predicted molar refractivity (Wildman–Crippen MR) is 115 cm³/mol. The number of nitrogens with one attached hydrogen (secondary N) is 1. The first kappa shape index (κ1) is 24.3. The fourth-order valence-electron chi connectivity index (χ4n) is 3.55. The summed E-state index contributed by atoms with van der Waals surface area (Å²) in [6, 6.07) is 6.78. The van der Waals surface area contributed by atoms with Gasteiger partial charge in [0, 0.05) is 42.3 Å². The van der Waals surface area contributed by atoms with Gasteiger partial charge in [-0.3, -0.25) is 9.78 Å². The summed E-state index contributed by atoms with van der Waals surface area (Å²) < 4.78 is 80.5. The van der Waals surface area contributed by atoms with E-state index in [1.54, 1.807) is 0 Å². The fourth-order valence-corrected chi connectivity index (χ4v) is 3.55. The van der Waals surface area contributed by atoms with Crippen LogP contribution in [-0.2, 0) is 0 Å². The molecule has 1 aliphatic heterocycles. The third kappa shape index (κ3) is 5.47. The summed E-state index contributed by atoms with van der Waals surface area (Å²) in [6.07, 6.45) is -5.43. The second-order valence-corrected chi connectivity index (χ2v) is 7.78. The van der Waals surface area contributed by atoms with E-state index in [0.717, 1.165) is 56.4 Å². The van der Waals surface area contributed by atoms with Crippen LogP contribution in [0.2, 0.25) is 0 Å². The number of alkyl halides is 5. The van der Waals surface area contributed by atoms with Gasteiger partial charge in [0.1, 0.15) is 17.4 Å². The summed E-state index contributed by atoms with van der Waals surface area (Å²) >= 11 is 0. The molecule has 0 atom stereocenters. The van der Waals surface area contributed by atoms with Crippen LogP contribution in [0.5, 0.6) is 5.75 Å². The summed E-state index contributed by atoms with van der Waals surface area (Å²) in [7, 11) is 0. The molecule has 3 heterocycles. The lowest BCUT2D eigenvalue weighted by atomic mass is 10.1. The van der Waals surface area contributed by atoms with Gasteiger partial charge in [-0.15, -0.1) is 0 Å². The molecule has 35 heavy (non-hydrogen) atoms. The summed E-state index contributed by atoms with van der Waals surface area (Å²) in [6.45, 7) is 1.52. The number of carbonyl (C=O) groups is 1. The van der Waals surface area contributed by atoms with Gasteiger partial charge < -0.3 is 15.0 Å². The lowest BCUT2D eigenvalue weighted by Crippen LogP contribution is -2.41. The number of nitrogens with zero attached hydrogens (tertiary/aromatic N) is 3. The first-order chi connectivity index (χ1) is 16.5. The molecule has 1 aliphatic rings. The largest absolute Gasteiger partial charge is 0.499 e. The van der Waals surface area contributed by atoms with E-state index >= 15 is 0 Å². The van der Waals surface area contributed by atoms with Crippen molar-refractivity contribution in [1.82, 2.24) is 9.97 Å². The Bertz CT molecular complexity index is 1210. The number of halogens is 6. The standard InChI is InChI=1S/C23H18F6N4O2/c24-16-9-14(11-30-13-16)19-10-15(12-31-20(19)33-7-1-2-8-33)21(34)32-17-3-5-18(6-4-17)35-23(28,29)22(25,26)27/h3-6,9-13H,1-2,7-8H2,(H,32,34). The van der Waals surface area contributed by atoms with Gasteiger partial charge in [-0.25, -0.2) is 9.37 Å². The molecule has 0 saturated carbocycles. The number of benzene rings is 1. The van der Waals surface area contributed by atoms with Crippen LogP contribution in [0.15, 0.2) is 55.0 Å². The van der Waals surface area contributed by atoms with Crippen molar-refractivity contribution in [3.8, 4) is 16.9 Å². The lowest BCUT2D eigenvalue weighted by Gasteiger charge is -2.21. The monoisotopic (exact) mass is 496 g/mol. The Labute approximate surface area is 195 Å². The van der Waals surface area contributed by atoms with Crippen LogP contribution in [0, 0.1) is 5.82 Å². The maximum absolute atomic E-state index is 13.8. The smallest absolute Gasteiger partial charge is 0.426 e. The number of amides is 1. The maximum atomic E-state index is 13.8. The Morgan fingerprint density at radius 2 is 1.66 bits per heavy atom. The van der Waals surface area contributed by atoms with Gasteiger partial charge in [0.2, 0.25) is 0 Å². The molecule has 1 fully saturated rings. The van der Waals surface area contributed by atoms with Gasteiger partial charge in [-0.2, -0.15) is 22.0 Å². The highest BCUT2D eigenvalue weighted by Crippen LogP contribution is 2.37. The van der Waals surface area contributed by atoms with E-state index in [9.17, 15) is 31.1 Å². The molecule has 12 heteroatoms. The first-order valence-electron chi connectivity index (χ1n) is 10.4. The molecule has 1 amide bonds. The molecule has 184 valence electrons. The average Bonchev–Trinajstić information content (AvgIpc) is 3.34.